The molecule has 18 rings (SSSR count). The minimum atomic E-state index is -0.275. The summed E-state index contributed by atoms with van der Waals surface area (Å²) in [6.45, 7) is 13.6. The molecule has 0 radical (unpaired) electrons. The molecular weight excluding hydrogens is 1270 g/mol. The van der Waals surface area contributed by atoms with Crippen LogP contribution in [0.4, 0.5) is 68.2 Å². The van der Waals surface area contributed by atoms with Gasteiger partial charge in [-0.1, -0.05) is 0 Å². The molecule has 0 bridgehead atoms. The number of para-hydroxylation sites is 8. The van der Waals surface area contributed by atoms with Crippen molar-refractivity contribution in [3.63, 3.8) is 0 Å². The third-order valence-corrected chi connectivity index (χ3v) is 24.1. The number of hydrogen-bond acceptors (Lipinski definition) is 5. The van der Waals surface area contributed by atoms with Gasteiger partial charge in [0.05, 0.1) is 0 Å². The van der Waals surface area contributed by atoms with E-state index < -0.39 is 0 Å². The first kappa shape index (κ1) is 59.7. The Morgan fingerprint density at radius 2 is 0.694 bits per heavy atom. The summed E-state index contributed by atoms with van der Waals surface area (Å²) < 4.78 is 2.82. The summed E-state index contributed by atoms with van der Waals surface area (Å²) in [6, 6.07) is 114. The zero-order valence-electron chi connectivity index (χ0n) is 55.6. The first-order chi connectivity index (χ1) is 48.1. The third kappa shape index (κ3) is 9.75. The predicted octanol–water partition coefficient (Wildman–Crippen LogP) is 18.5. The number of nitrogens with zero attached hydrogens (tertiary/aromatic N) is 4. The van der Waals surface area contributed by atoms with Crippen LogP contribution in [0, 0.1) is 41.5 Å². The first-order valence-electron chi connectivity index (χ1n) is 34.0. The molecule has 0 unspecified atom stereocenters. The summed E-state index contributed by atoms with van der Waals surface area (Å²) in [4.78, 5) is 12.6. The van der Waals surface area contributed by atoms with Gasteiger partial charge in [0.1, 0.15) is 0 Å². The van der Waals surface area contributed by atoms with E-state index in [4.69, 9.17) is 0 Å². The summed E-state index contributed by atoms with van der Waals surface area (Å²) in [5.74, 6) is 0. The van der Waals surface area contributed by atoms with Gasteiger partial charge in [0.2, 0.25) is 0 Å². The molecule has 0 atom stereocenters. The van der Waals surface area contributed by atoms with Crippen molar-refractivity contribution in [2.24, 2.45) is 0 Å². The van der Waals surface area contributed by atoms with Crippen molar-refractivity contribution in [1.29, 1.82) is 0 Å². The molecular formula is C90H68B2N4SSe. The van der Waals surface area contributed by atoms with Crippen LogP contribution in [0.1, 0.15) is 33.4 Å². The monoisotopic (exact) mass is 1340 g/mol. The molecule has 0 N–H and O–H groups in total. The summed E-state index contributed by atoms with van der Waals surface area (Å²) in [5, 5.41) is 0. The summed E-state index contributed by atoms with van der Waals surface area (Å²) in [6.07, 6.45) is 0. The van der Waals surface area contributed by atoms with Crippen LogP contribution in [0.15, 0.2) is 313 Å². The molecule has 0 aliphatic carbocycles. The van der Waals surface area contributed by atoms with Gasteiger partial charge in [-0.2, -0.15) is 0 Å². The summed E-state index contributed by atoms with van der Waals surface area (Å²) >= 11 is 1.73. The molecule has 0 fully saturated rings. The van der Waals surface area contributed by atoms with E-state index in [9.17, 15) is 0 Å². The number of anilines is 12. The van der Waals surface area contributed by atoms with E-state index in [1.165, 1.54) is 141 Å². The molecule has 0 saturated heterocycles. The summed E-state index contributed by atoms with van der Waals surface area (Å²) in [7, 11) is 0. The van der Waals surface area contributed by atoms with E-state index in [-0.39, 0.29) is 28.4 Å². The van der Waals surface area contributed by atoms with Gasteiger partial charge in [-0.3, -0.25) is 0 Å². The molecule has 4 aliphatic heterocycles. The fourth-order valence-corrected chi connectivity index (χ4v) is 21.1. The van der Waals surface area contributed by atoms with Crippen LogP contribution in [0.25, 0.3) is 33.4 Å². The molecule has 0 saturated carbocycles. The van der Waals surface area contributed by atoms with Crippen molar-refractivity contribution in [1.82, 2.24) is 0 Å². The van der Waals surface area contributed by atoms with E-state index in [0.29, 0.717) is 0 Å². The Kier molecular flexibility index (Phi) is 14.7. The van der Waals surface area contributed by atoms with Gasteiger partial charge in [-0.05, 0) is 0 Å². The van der Waals surface area contributed by atoms with Crippen LogP contribution in [0.5, 0.6) is 0 Å². The second kappa shape index (κ2) is 24.1. The molecule has 4 aliphatic rings. The maximum absolute atomic E-state index is 2.75. The molecule has 14 aromatic rings. The van der Waals surface area contributed by atoms with Crippen molar-refractivity contribution in [3.05, 3.63) is 337 Å². The van der Waals surface area contributed by atoms with Gasteiger partial charge >= 0.3 is 591 Å². The van der Waals surface area contributed by atoms with Crippen LogP contribution in [-0.4, -0.2) is 28.4 Å². The quantitative estimate of drug-likeness (QED) is 0.119. The molecule has 0 spiro atoms. The zero-order valence-corrected chi connectivity index (χ0v) is 58.2. The predicted molar refractivity (Wildman–Crippen MR) is 421 cm³/mol. The third-order valence-electron chi connectivity index (χ3n) is 20.4. The second-order valence-electron chi connectivity index (χ2n) is 26.7. The Balaban J connectivity index is 1.01. The molecule has 4 heterocycles. The van der Waals surface area contributed by atoms with Crippen molar-refractivity contribution >= 4 is 150 Å². The Morgan fingerprint density at radius 1 is 0.306 bits per heavy atom. The van der Waals surface area contributed by atoms with Crippen molar-refractivity contribution in [2.75, 3.05) is 19.6 Å². The molecule has 4 nitrogen and oxygen atoms in total. The number of benzene rings is 14. The van der Waals surface area contributed by atoms with Gasteiger partial charge in [0, 0.05) is 0 Å². The van der Waals surface area contributed by atoms with Crippen molar-refractivity contribution in [3.8, 4) is 33.4 Å². The van der Waals surface area contributed by atoms with Gasteiger partial charge < -0.3 is 0 Å². The first-order valence-corrected chi connectivity index (χ1v) is 36.6. The van der Waals surface area contributed by atoms with E-state index in [2.05, 4.69) is 364 Å². The maximum atomic E-state index is 2.75. The Morgan fingerprint density at radius 3 is 1.14 bits per heavy atom. The Labute approximate surface area is 586 Å². The van der Waals surface area contributed by atoms with E-state index in [1.54, 1.807) is 0 Å². The number of aryl methyl sites for hydroxylation is 6. The fourth-order valence-electron chi connectivity index (χ4n) is 16.8. The normalized spacial score (nSPS) is 12.8. The Hall–Kier alpha value is -10.7. The minimum absolute atomic E-state index is 0.124. The topological polar surface area (TPSA) is 13.0 Å². The van der Waals surface area contributed by atoms with Crippen LogP contribution < -0.4 is 61.3 Å². The van der Waals surface area contributed by atoms with Crippen molar-refractivity contribution in [2.45, 2.75) is 51.3 Å². The summed E-state index contributed by atoms with van der Waals surface area (Å²) in [5.41, 5.74) is 37.2. The van der Waals surface area contributed by atoms with E-state index >= 15 is 0 Å². The Bertz CT molecular complexity index is 5040. The molecule has 466 valence electrons. The van der Waals surface area contributed by atoms with Crippen LogP contribution in [0.3, 0.4) is 0 Å². The molecule has 8 heteroatoms. The SMILES string of the molecule is Cc1cc(C)c(-c2cccc(-c3c(C)cc(C)cc3C)c2-c2c3c(cc4c2[Se]c2cc(N(c5ccccc5)c5ccccc5)cc5c2B4c2ccccc2N5c2ccccc2)B2c4ccccc4N(c4ccccc4)c4cc(N(c5ccccc5)c5ccccc5)cc(c42)S3)c(C)c1. The zero-order chi connectivity index (χ0) is 65.9. The van der Waals surface area contributed by atoms with Gasteiger partial charge in [-0.15, -0.1) is 0 Å². The fraction of sp³-hybridized carbons (Fsp3) is 0.0667. The molecule has 0 aromatic heterocycles. The number of fused-ring (bicyclic) bond motifs is 8. The van der Waals surface area contributed by atoms with Crippen LogP contribution in [-0.2, 0) is 0 Å². The standard InChI is InChI=1S/C90H68B2N4SSe/c1-57-48-59(3)83(60(4)49-57)71-42-29-43-72(84-61(5)50-58(2)51-62(84)6)85(71)86-89-75(91-73-44-25-27-46-77(73)95(67-38-21-11-22-39-67)79-52-69(54-81(97-89)87(79)91)93(63-30-13-7-14-31-63)64-32-15-8-16-33-64)56-76-90(86)98-82-55-70(94(65-34-17-9-18-35-65)66-36-19-10-20-37-66)53-80-88(82)92(76)74-45-26-28-47-78(74)96(80)68-40-23-12-24-41-68/h7-56H,1-6H3. The second-order valence-corrected chi connectivity index (χ2v) is 29.9. The van der Waals surface area contributed by atoms with E-state index in [0.717, 1.165) is 45.5 Å². The van der Waals surface area contributed by atoms with Crippen LogP contribution in [0.2, 0.25) is 0 Å². The van der Waals surface area contributed by atoms with Crippen LogP contribution >= 0.6 is 11.8 Å². The van der Waals surface area contributed by atoms with Crippen molar-refractivity contribution < 1.29 is 0 Å². The van der Waals surface area contributed by atoms with Gasteiger partial charge in [-0.25, -0.2) is 0 Å². The average Bonchev–Trinajstić information content (AvgIpc) is 0.686. The molecule has 14 aromatic carbocycles. The van der Waals surface area contributed by atoms with Gasteiger partial charge in [0.25, 0.3) is 0 Å². The van der Waals surface area contributed by atoms with E-state index in [1.807, 2.05) is 11.8 Å². The molecule has 0 amide bonds. The molecule has 98 heavy (non-hydrogen) atoms. The average molecular weight is 1340 g/mol. The number of rotatable bonds is 11. The van der Waals surface area contributed by atoms with Gasteiger partial charge in [0.15, 0.2) is 0 Å². The number of hydrogen-bond donors (Lipinski definition) is 0.